The summed E-state index contributed by atoms with van der Waals surface area (Å²) in [5.41, 5.74) is 19.3. The molecule has 0 bridgehead atoms. The molecule has 14 nitrogen and oxygen atoms in total. The molecular weight excluding hydrogens is 412 g/mol. The fourth-order valence-electron chi connectivity index (χ4n) is 3.45. The van der Waals surface area contributed by atoms with E-state index in [2.05, 4.69) is 10.3 Å². The number of unbranched alkanes of at least 4 members (excludes halogenated alkanes) is 1. The normalized spacial score (nSPS) is 20.0. The molecule has 0 unspecified atom stereocenters. The second-order valence-electron chi connectivity index (χ2n) is 7.37. The first-order valence-electron chi connectivity index (χ1n) is 10.1. The van der Waals surface area contributed by atoms with Crippen molar-refractivity contribution in [3.63, 3.8) is 0 Å². The van der Waals surface area contributed by atoms with Crippen LogP contribution in [0.3, 0.4) is 0 Å². The van der Waals surface area contributed by atoms with Crippen LogP contribution in [0, 0.1) is 10.1 Å². The lowest BCUT2D eigenvalue weighted by molar-refractivity contribution is -0.576. The van der Waals surface area contributed by atoms with Gasteiger partial charge in [-0.15, -0.1) is 0 Å². The molecule has 2 amide bonds. The number of aliphatic imine (C=N–C) groups is 1. The van der Waals surface area contributed by atoms with Crippen molar-refractivity contribution in [3.8, 4) is 0 Å². The molecule has 0 aromatic carbocycles. The zero-order valence-electron chi connectivity index (χ0n) is 17.4. The molecular formula is C17H32N8O6. The molecule has 3 atom stereocenters. The van der Waals surface area contributed by atoms with E-state index in [1.807, 2.05) is 0 Å². The molecule has 1 fully saturated rings. The van der Waals surface area contributed by atoms with E-state index in [0.717, 1.165) is 0 Å². The number of nitro groups is 1. The number of guanidine groups is 1. The Morgan fingerprint density at radius 2 is 1.90 bits per heavy atom. The lowest BCUT2D eigenvalue weighted by Crippen LogP contribution is -2.62. The number of rotatable bonds is 13. The van der Waals surface area contributed by atoms with Crippen LogP contribution in [-0.4, -0.2) is 76.1 Å². The Morgan fingerprint density at radius 1 is 1.23 bits per heavy atom. The number of carbonyl (C=O) groups is 3. The highest BCUT2D eigenvalue weighted by molar-refractivity contribution is 5.93. The Balaban J connectivity index is 3.02. The topological polar surface area (TPSA) is 246 Å². The Morgan fingerprint density at radius 3 is 2.45 bits per heavy atom. The Kier molecular flexibility index (Phi) is 10.1. The lowest BCUT2D eigenvalue weighted by Gasteiger charge is -2.30. The summed E-state index contributed by atoms with van der Waals surface area (Å²) in [6.45, 7) is 0.492. The molecule has 0 spiro atoms. The predicted molar refractivity (Wildman–Crippen MR) is 111 cm³/mol. The van der Waals surface area contributed by atoms with Crippen molar-refractivity contribution in [1.29, 1.82) is 0 Å². The number of nitrogens with two attached hydrogens (primary N) is 4. The highest BCUT2D eigenvalue weighted by Crippen LogP contribution is 2.31. The lowest BCUT2D eigenvalue weighted by atomic mass is 10.0. The van der Waals surface area contributed by atoms with Crippen LogP contribution in [0.5, 0.6) is 0 Å². The van der Waals surface area contributed by atoms with Crippen molar-refractivity contribution in [1.82, 2.24) is 10.2 Å². The van der Waals surface area contributed by atoms with E-state index in [1.54, 1.807) is 0 Å². The van der Waals surface area contributed by atoms with Gasteiger partial charge in [-0.25, -0.2) is 4.79 Å². The molecule has 0 aromatic rings. The number of amides is 2. The van der Waals surface area contributed by atoms with E-state index in [-0.39, 0.29) is 44.7 Å². The summed E-state index contributed by atoms with van der Waals surface area (Å²) >= 11 is 0. The average Bonchev–Trinajstić information content (AvgIpc) is 3.16. The molecule has 0 saturated carbocycles. The maximum absolute atomic E-state index is 13.1. The maximum atomic E-state index is 13.1. The van der Waals surface area contributed by atoms with Crippen LogP contribution < -0.4 is 28.3 Å². The molecule has 31 heavy (non-hydrogen) atoms. The van der Waals surface area contributed by atoms with Gasteiger partial charge in [-0.1, -0.05) is 6.42 Å². The van der Waals surface area contributed by atoms with Gasteiger partial charge in [0, 0.05) is 13.1 Å². The van der Waals surface area contributed by atoms with Gasteiger partial charge in [0.15, 0.2) is 5.96 Å². The van der Waals surface area contributed by atoms with Gasteiger partial charge in [-0.3, -0.25) is 29.6 Å². The quantitative estimate of drug-likeness (QED) is 0.0580. The molecule has 0 aliphatic carbocycles. The average molecular weight is 444 g/mol. The van der Waals surface area contributed by atoms with Crippen LogP contribution in [0.4, 0.5) is 0 Å². The highest BCUT2D eigenvalue weighted by atomic mass is 16.6. The third-order valence-electron chi connectivity index (χ3n) is 5.13. The maximum Gasteiger partial charge on any atom is 0.405 e. The summed E-state index contributed by atoms with van der Waals surface area (Å²) < 4.78 is 0. The Labute approximate surface area is 179 Å². The molecule has 1 rings (SSSR count). The molecule has 1 aliphatic rings. The van der Waals surface area contributed by atoms with Gasteiger partial charge in [0.05, 0.1) is 17.4 Å². The molecule has 14 heteroatoms. The number of carboxylic acid groups (broad SMARTS) is 1. The van der Waals surface area contributed by atoms with Gasteiger partial charge in [0.2, 0.25) is 5.91 Å². The van der Waals surface area contributed by atoms with Crippen molar-refractivity contribution in [3.05, 3.63) is 10.1 Å². The van der Waals surface area contributed by atoms with Gasteiger partial charge in [0.25, 0.3) is 5.91 Å². The van der Waals surface area contributed by atoms with Crippen LogP contribution in [0.15, 0.2) is 4.99 Å². The van der Waals surface area contributed by atoms with Crippen molar-refractivity contribution in [2.24, 2.45) is 27.9 Å². The fourth-order valence-corrected chi connectivity index (χ4v) is 3.45. The van der Waals surface area contributed by atoms with Crippen molar-refractivity contribution in [2.75, 3.05) is 19.6 Å². The summed E-state index contributed by atoms with van der Waals surface area (Å²) in [6.07, 6.45) is 1.77. The van der Waals surface area contributed by atoms with E-state index >= 15 is 0 Å². The number of nitrogens with one attached hydrogen (secondary N) is 1. The third-order valence-corrected chi connectivity index (χ3v) is 5.13. The van der Waals surface area contributed by atoms with Crippen molar-refractivity contribution in [2.45, 2.75) is 62.7 Å². The third kappa shape index (κ3) is 6.75. The molecule has 1 saturated heterocycles. The SMILES string of the molecule is NCCCC[C@H](N)C(=O)N[C@@H](CCCN=C(N)N)C(=O)N1CCC[C@]1(C(=O)O)[N+](=O)[O-]. The highest BCUT2D eigenvalue weighted by Gasteiger charge is 2.62. The van der Waals surface area contributed by atoms with Gasteiger partial charge in [-0.05, 0) is 38.6 Å². The standard InChI is InChI=1S/C17H32N8O6/c18-8-2-1-5-11(19)13(26)23-12(6-3-9-22-16(20)21)14(27)24-10-4-7-17(24,15(28)29)25(30)31/h11-12H,1-10,18-19H2,(H,23,26)(H,28,29)(H4,20,21,22)/t11-,12-,17+/m0/s1. The first-order chi connectivity index (χ1) is 14.6. The van der Waals surface area contributed by atoms with Crippen LogP contribution in [0.25, 0.3) is 0 Å². The number of carboxylic acids is 1. The zero-order chi connectivity index (χ0) is 23.6. The number of hydrogen-bond acceptors (Lipinski definition) is 8. The molecule has 0 aromatic heterocycles. The van der Waals surface area contributed by atoms with Crippen molar-refractivity contribution < 1.29 is 24.4 Å². The smallest absolute Gasteiger partial charge is 0.405 e. The minimum atomic E-state index is -2.57. The van der Waals surface area contributed by atoms with E-state index in [9.17, 15) is 29.6 Å². The molecule has 1 heterocycles. The van der Waals surface area contributed by atoms with E-state index in [4.69, 9.17) is 22.9 Å². The van der Waals surface area contributed by atoms with Crippen LogP contribution in [0.1, 0.15) is 44.9 Å². The van der Waals surface area contributed by atoms with Gasteiger partial charge >= 0.3 is 11.6 Å². The second kappa shape index (κ2) is 12.0. The number of nitrogens with zero attached hydrogens (tertiary/aromatic N) is 3. The summed E-state index contributed by atoms with van der Waals surface area (Å²) in [5.74, 6) is -3.35. The van der Waals surface area contributed by atoms with Gasteiger partial charge < -0.3 is 33.4 Å². The van der Waals surface area contributed by atoms with E-state index < -0.39 is 40.5 Å². The first-order valence-corrected chi connectivity index (χ1v) is 10.1. The monoisotopic (exact) mass is 444 g/mol. The van der Waals surface area contributed by atoms with E-state index in [0.29, 0.717) is 30.7 Å². The van der Waals surface area contributed by atoms with Gasteiger partial charge in [0.1, 0.15) is 6.04 Å². The van der Waals surface area contributed by atoms with Gasteiger partial charge in [-0.2, -0.15) is 0 Å². The summed E-state index contributed by atoms with van der Waals surface area (Å²) in [6, 6.07) is -2.11. The minimum Gasteiger partial charge on any atom is -0.474 e. The van der Waals surface area contributed by atoms with Crippen LogP contribution in [0.2, 0.25) is 0 Å². The van der Waals surface area contributed by atoms with Crippen molar-refractivity contribution >= 4 is 23.7 Å². The zero-order valence-corrected chi connectivity index (χ0v) is 17.4. The fraction of sp³-hybridized carbons (Fsp3) is 0.765. The molecule has 1 aliphatic heterocycles. The number of likely N-dealkylation sites (tertiary alicyclic amines) is 1. The number of hydrogen-bond donors (Lipinski definition) is 6. The Bertz CT molecular complexity index is 682. The summed E-state index contributed by atoms with van der Waals surface area (Å²) in [5, 5.41) is 23.6. The summed E-state index contributed by atoms with van der Waals surface area (Å²) in [4.78, 5) is 52.4. The number of carbonyl (C=O) groups excluding carboxylic acids is 2. The second-order valence-corrected chi connectivity index (χ2v) is 7.37. The van der Waals surface area contributed by atoms with E-state index in [1.165, 1.54) is 0 Å². The molecule has 10 N–H and O–H groups in total. The first kappa shape index (κ1) is 26.0. The summed E-state index contributed by atoms with van der Waals surface area (Å²) in [7, 11) is 0. The minimum absolute atomic E-state index is 0.0424. The number of aliphatic carboxylic acids is 1. The van der Waals surface area contributed by atoms with Crippen LogP contribution >= 0.6 is 0 Å². The molecule has 0 radical (unpaired) electrons. The largest absolute Gasteiger partial charge is 0.474 e. The Hall–Kier alpha value is -3.00. The molecule has 176 valence electrons. The van der Waals surface area contributed by atoms with Crippen LogP contribution in [-0.2, 0) is 14.4 Å². The predicted octanol–water partition coefficient (Wildman–Crippen LogP) is -2.34.